The van der Waals surface area contributed by atoms with Crippen LogP contribution in [0.1, 0.15) is 310 Å². The maximum absolute atomic E-state index is 13.6. The van der Waals surface area contributed by atoms with Crippen LogP contribution in [-0.4, -0.2) is 74.3 Å². The molecule has 0 aromatic heterocycles. The van der Waals surface area contributed by atoms with Crippen molar-refractivity contribution in [3.63, 3.8) is 0 Å². The summed E-state index contributed by atoms with van der Waals surface area (Å²) in [6.07, 6.45) is 81.6. The summed E-state index contributed by atoms with van der Waals surface area (Å²) < 4.78 is 30.8. The molecule has 0 saturated heterocycles. The number of carbonyl (C=O) groups is 2. The van der Waals surface area contributed by atoms with Crippen molar-refractivity contribution in [2.45, 2.75) is 322 Å². The molecule has 0 aliphatic carbocycles. The molecule has 3 atom stereocenters. The predicted octanol–water partition coefficient (Wildman–Crippen LogP) is 21.7. The van der Waals surface area contributed by atoms with Crippen molar-refractivity contribution in [3.05, 3.63) is 85.1 Å². The van der Waals surface area contributed by atoms with Gasteiger partial charge in [0.2, 0.25) is 5.91 Å². The lowest BCUT2D eigenvalue weighted by Gasteiger charge is -2.27. The Morgan fingerprint density at radius 2 is 0.780 bits per heavy atom. The lowest BCUT2D eigenvalue weighted by molar-refractivity contribution is -0.870. The van der Waals surface area contributed by atoms with Crippen LogP contribution in [0, 0.1) is 0 Å². The fourth-order valence-corrected chi connectivity index (χ4v) is 10.5. The van der Waals surface area contributed by atoms with Gasteiger partial charge in [0.05, 0.1) is 33.8 Å². The van der Waals surface area contributed by atoms with Gasteiger partial charge in [-0.05, 0) is 102 Å². The number of rotatable bonds is 62. The molecule has 1 amide bonds. The molecular formula is C72H132N2O7P+. The van der Waals surface area contributed by atoms with E-state index in [-0.39, 0.29) is 31.5 Å². The molecule has 3 unspecified atom stereocenters. The Labute approximate surface area is 507 Å². The first kappa shape index (κ1) is 79.2. The summed E-state index contributed by atoms with van der Waals surface area (Å²) in [5.74, 6) is -0.515. The number of esters is 1. The van der Waals surface area contributed by atoms with E-state index in [4.69, 9.17) is 13.8 Å². The number of unbranched alkanes of at least 4 members (excludes halogenated alkanes) is 34. The maximum atomic E-state index is 13.6. The number of phosphoric ester groups is 1. The van der Waals surface area contributed by atoms with Crippen LogP contribution in [0.5, 0.6) is 0 Å². The summed E-state index contributed by atoms with van der Waals surface area (Å²) in [4.78, 5) is 37.8. The zero-order chi connectivity index (χ0) is 60.0. The Balaban J connectivity index is 5.08. The molecule has 0 rings (SSSR count). The van der Waals surface area contributed by atoms with Crippen LogP contribution in [0.3, 0.4) is 0 Å². The number of likely N-dealkylation sites (N-methyl/N-ethyl adjacent to an activating group) is 1. The number of hydrogen-bond donors (Lipinski definition) is 2. The normalized spacial score (nSPS) is 14.1. The van der Waals surface area contributed by atoms with E-state index in [9.17, 15) is 19.0 Å². The van der Waals surface area contributed by atoms with E-state index in [0.29, 0.717) is 17.4 Å². The lowest BCUT2D eigenvalue weighted by atomic mass is 10.0. The SMILES string of the molecule is CC/C=C/C/C=C/C/C=C/CCCCCCCCC(=O)NC(COP(=O)(O)OCC[N+](C)(C)C)C(/C=C\CCCCCCCCCCCCC)OC(=O)CCCCCCCCCCCCCCCC/C=C\C/C=C\C/C=C\CCCCC. The van der Waals surface area contributed by atoms with Gasteiger partial charge in [0.25, 0.3) is 0 Å². The van der Waals surface area contributed by atoms with E-state index in [1.165, 1.54) is 173 Å². The minimum atomic E-state index is -4.46. The first-order valence-corrected chi connectivity index (χ1v) is 35.9. The zero-order valence-electron chi connectivity index (χ0n) is 54.5. The summed E-state index contributed by atoms with van der Waals surface area (Å²) in [5.41, 5.74) is 0. The van der Waals surface area contributed by atoms with E-state index in [1.54, 1.807) is 0 Å². The Kier molecular flexibility index (Phi) is 59.2. The molecule has 476 valence electrons. The van der Waals surface area contributed by atoms with Gasteiger partial charge in [-0.1, -0.05) is 280 Å². The van der Waals surface area contributed by atoms with Crippen molar-refractivity contribution in [3.8, 4) is 0 Å². The zero-order valence-corrected chi connectivity index (χ0v) is 55.4. The largest absolute Gasteiger partial charge is 0.472 e. The second-order valence-corrected chi connectivity index (χ2v) is 25.8. The average Bonchev–Trinajstić information content (AvgIpc) is 3.45. The molecule has 0 spiro atoms. The molecule has 2 N–H and O–H groups in total. The van der Waals surface area contributed by atoms with Gasteiger partial charge < -0.3 is 19.4 Å². The summed E-state index contributed by atoms with van der Waals surface area (Å²) in [5, 5.41) is 3.06. The van der Waals surface area contributed by atoms with Crippen molar-refractivity contribution in [2.24, 2.45) is 0 Å². The molecule has 0 aromatic carbocycles. The lowest BCUT2D eigenvalue weighted by Crippen LogP contribution is -2.47. The van der Waals surface area contributed by atoms with Gasteiger partial charge in [0.1, 0.15) is 19.3 Å². The number of hydrogen-bond acceptors (Lipinski definition) is 6. The average molecular weight is 1170 g/mol. The fraction of sp³-hybridized carbons (Fsp3) is 0.778. The maximum Gasteiger partial charge on any atom is 0.472 e. The second-order valence-electron chi connectivity index (χ2n) is 24.3. The van der Waals surface area contributed by atoms with Gasteiger partial charge in [-0.3, -0.25) is 18.6 Å². The quantitative estimate of drug-likeness (QED) is 0.0205. The van der Waals surface area contributed by atoms with E-state index in [1.807, 2.05) is 33.3 Å². The summed E-state index contributed by atoms with van der Waals surface area (Å²) in [6.45, 7) is 6.89. The van der Waals surface area contributed by atoms with Crippen molar-refractivity contribution < 1.29 is 37.3 Å². The molecule has 0 bridgehead atoms. The van der Waals surface area contributed by atoms with Crippen LogP contribution < -0.4 is 5.32 Å². The minimum Gasteiger partial charge on any atom is -0.456 e. The molecule has 0 aliphatic rings. The highest BCUT2D eigenvalue weighted by molar-refractivity contribution is 7.47. The summed E-state index contributed by atoms with van der Waals surface area (Å²) in [6, 6.07) is -0.859. The van der Waals surface area contributed by atoms with E-state index in [0.717, 1.165) is 103 Å². The second kappa shape index (κ2) is 61.3. The van der Waals surface area contributed by atoms with Crippen LogP contribution in [0.15, 0.2) is 85.1 Å². The van der Waals surface area contributed by atoms with Crippen LogP contribution in [-0.2, 0) is 27.9 Å². The predicted molar refractivity (Wildman–Crippen MR) is 355 cm³/mol. The van der Waals surface area contributed by atoms with Crippen molar-refractivity contribution in [2.75, 3.05) is 40.9 Å². The number of carbonyl (C=O) groups excluding carboxylic acids is 2. The minimum absolute atomic E-state index is 0.0351. The van der Waals surface area contributed by atoms with Gasteiger partial charge >= 0.3 is 13.8 Å². The topological polar surface area (TPSA) is 111 Å². The molecule has 0 fully saturated rings. The Hall–Kier alpha value is -2.81. The molecule has 82 heavy (non-hydrogen) atoms. The van der Waals surface area contributed by atoms with E-state index >= 15 is 0 Å². The van der Waals surface area contributed by atoms with Crippen LogP contribution in [0.25, 0.3) is 0 Å². The fourth-order valence-electron chi connectivity index (χ4n) is 9.79. The first-order chi connectivity index (χ1) is 39.9. The third kappa shape index (κ3) is 61.7. The highest BCUT2D eigenvalue weighted by Gasteiger charge is 2.30. The third-order valence-corrected chi connectivity index (χ3v) is 16.1. The van der Waals surface area contributed by atoms with Gasteiger partial charge in [-0.2, -0.15) is 0 Å². The summed E-state index contributed by atoms with van der Waals surface area (Å²) >= 11 is 0. The molecule has 0 saturated carbocycles. The van der Waals surface area contributed by atoms with E-state index in [2.05, 4.69) is 99.0 Å². The molecule has 0 aliphatic heterocycles. The monoisotopic (exact) mass is 1170 g/mol. The standard InChI is InChI=1S/C72H131N2O7P/c1-7-10-13-16-19-22-25-28-30-32-33-34-35-36-37-38-39-40-41-42-44-47-50-53-56-59-62-65-72(76)81-70(63-60-57-54-51-48-45-27-24-21-18-15-12-9-3)69(68-80-82(77,78)79-67-66-74(4,5)6)73-71(75)64-61-58-55-52-49-46-43-31-29-26-23-20-17-14-11-8-2/h11,14,19-20,22-23,28-31,33-34,60,63,69-70H,7-10,12-13,15-18,21,24-27,32,35-59,61-62,64-68H2,1-6H3,(H-,73,75,77,78)/p+1/b14-11+,22-19-,23-20+,30-28-,31-29+,34-33-,63-60-. The van der Waals surface area contributed by atoms with Gasteiger partial charge in [-0.15, -0.1) is 0 Å². The summed E-state index contributed by atoms with van der Waals surface area (Å²) in [7, 11) is 1.49. The van der Waals surface area contributed by atoms with Gasteiger partial charge in [-0.25, -0.2) is 4.57 Å². The Morgan fingerprint density at radius 3 is 1.20 bits per heavy atom. The molecular weight excluding hydrogens is 1040 g/mol. The number of amides is 1. The van der Waals surface area contributed by atoms with Crippen molar-refractivity contribution in [1.82, 2.24) is 5.32 Å². The van der Waals surface area contributed by atoms with Crippen molar-refractivity contribution >= 4 is 19.7 Å². The van der Waals surface area contributed by atoms with Crippen molar-refractivity contribution in [1.29, 1.82) is 0 Å². The van der Waals surface area contributed by atoms with Gasteiger partial charge in [0.15, 0.2) is 0 Å². The highest BCUT2D eigenvalue weighted by atomic mass is 31.2. The number of quaternary nitrogens is 1. The number of allylic oxidation sites excluding steroid dienone is 13. The Bertz CT molecular complexity index is 1680. The van der Waals surface area contributed by atoms with Crippen LogP contribution >= 0.6 is 7.82 Å². The number of phosphoric acid groups is 1. The molecule has 0 heterocycles. The highest BCUT2D eigenvalue weighted by Crippen LogP contribution is 2.43. The number of nitrogens with one attached hydrogen (secondary N) is 1. The Morgan fingerprint density at radius 1 is 0.439 bits per heavy atom. The molecule has 9 nitrogen and oxygen atoms in total. The smallest absolute Gasteiger partial charge is 0.456 e. The van der Waals surface area contributed by atoms with E-state index < -0.39 is 20.0 Å². The number of nitrogens with zero attached hydrogens (tertiary/aromatic N) is 1. The van der Waals surface area contributed by atoms with Crippen LogP contribution in [0.4, 0.5) is 0 Å². The van der Waals surface area contributed by atoms with Crippen LogP contribution in [0.2, 0.25) is 0 Å². The third-order valence-electron chi connectivity index (χ3n) is 15.1. The number of ether oxygens (including phenoxy) is 1. The molecule has 10 heteroatoms. The first-order valence-electron chi connectivity index (χ1n) is 34.4. The van der Waals surface area contributed by atoms with Gasteiger partial charge in [0, 0.05) is 12.8 Å². The molecule has 0 radical (unpaired) electrons. The molecule has 0 aromatic rings.